The molecule has 4 heteroatoms. The van der Waals surface area contributed by atoms with Crippen LogP contribution in [-0.4, -0.2) is 21.3 Å². The van der Waals surface area contributed by atoms with Gasteiger partial charge in [-0.1, -0.05) is 158 Å². The Morgan fingerprint density at radius 1 is 0.442 bits per heavy atom. The number of rotatable bonds is 14. The molecule has 0 amide bonds. The fraction of sp³-hybridized carbons (Fsp3) is 0.0548. The average molecular weight is 1200 g/mol. The first-order valence-electron chi connectivity index (χ1n) is 26.4. The minimum atomic E-state index is -3.19. The zero-order chi connectivity index (χ0) is 52.4. The molecule has 2 aliphatic rings. The summed E-state index contributed by atoms with van der Waals surface area (Å²) < 4.78 is 10.1. The van der Waals surface area contributed by atoms with Gasteiger partial charge in [0.05, 0.1) is 0 Å². The number of benzene rings is 9. The van der Waals surface area contributed by atoms with E-state index >= 15 is 0 Å². The van der Waals surface area contributed by atoms with Crippen molar-refractivity contribution in [3.8, 4) is 4.37 Å². The van der Waals surface area contributed by atoms with Gasteiger partial charge >= 0.3 is 289 Å². The van der Waals surface area contributed by atoms with Crippen molar-refractivity contribution in [3.05, 3.63) is 341 Å². The van der Waals surface area contributed by atoms with Gasteiger partial charge in [0.2, 0.25) is 0 Å². The van der Waals surface area contributed by atoms with Gasteiger partial charge in [-0.25, -0.2) is 0 Å². The van der Waals surface area contributed by atoms with Crippen molar-refractivity contribution in [2.75, 3.05) is 13.2 Å². The molecule has 2 aliphatic heterocycles. The van der Waals surface area contributed by atoms with Crippen molar-refractivity contribution < 1.29 is 22.7 Å². The van der Waals surface area contributed by atoms with Crippen LogP contribution in [0.4, 0.5) is 0 Å². The zero-order valence-electron chi connectivity index (χ0n) is 43.4. The number of hydrogen-bond acceptors (Lipinski definition) is 1. The van der Waals surface area contributed by atoms with E-state index in [2.05, 4.69) is 316 Å². The van der Waals surface area contributed by atoms with Gasteiger partial charge in [-0.3, -0.25) is 0 Å². The molecule has 0 N–H and O–H groups in total. The summed E-state index contributed by atoms with van der Waals surface area (Å²) in [6.45, 7) is 5.37. The quantitative estimate of drug-likeness (QED) is 0.0599. The van der Waals surface area contributed by atoms with Gasteiger partial charge in [0.25, 0.3) is 0 Å². The van der Waals surface area contributed by atoms with Crippen molar-refractivity contribution in [1.82, 2.24) is 0 Å². The predicted molar refractivity (Wildman–Crippen MR) is 330 cm³/mol. The van der Waals surface area contributed by atoms with Crippen LogP contribution in [0.3, 0.4) is 0 Å². The molecular formula is C73H59OOsPSi+. The SMILES string of the molecule is CC=C1COCC1=CC(/C=C/c1ccc(C2=C(c3ccccc3)C(c3ccccc3)=C(c3ccc(/C=C/C)cc3)[Si]2(c2ccccc2)c2ccccc2)cc1)=C([C]#[Os])[P+](c1ccccc1)(c1ccccc1)c1ccccc1. The van der Waals surface area contributed by atoms with Crippen LogP contribution in [0.15, 0.2) is 307 Å². The normalized spacial score (nSPS) is 15.9. The van der Waals surface area contributed by atoms with Crippen molar-refractivity contribution in [2.24, 2.45) is 0 Å². The summed E-state index contributed by atoms with van der Waals surface area (Å²) in [7, 11) is -5.71. The van der Waals surface area contributed by atoms with Crippen LogP contribution in [0.5, 0.6) is 0 Å². The van der Waals surface area contributed by atoms with E-state index in [4.69, 9.17) is 4.74 Å². The van der Waals surface area contributed by atoms with E-state index in [-0.39, 0.29) is 0 Å². The molecule has 0 unspecified atom stereocenters. The summed E-state index contributed by atoms with van der Waals surface area (Å²) in [5.41, 5.74) is 13.3. The fourth-order valence-corrected chi connectivity index (χ4v) is 23.0. The summed E-state index contributed by atoms with van der Waals surface area (Å²) in [5.74, 6) is 0. The van der Waals surface area contributed by atoms with Crippen molar-refractivity contribution in [1.29, 1.82) is 0 Å². The van der Waals surface area contributed by atoms with Crippen molar-refractivity contribution >= 4 is 75.3 Å². The predicted octanol–water partition coefficient (Wildman–Crippen LogP) is 15.3. The molecule has 77 heavy (non-hydrogen) atoms. The molecule has 0 spiro atoms. The summed E-state index contributed by atoms with van der Waals surface area (Å²) in [6, 6.07) is 97.2. The van der Waals surface area contributed by atoms with Crippen LogP contribution < -0.4 is 26.3 Å². The molecule has 0 aliphatic carbocycles. The molecule has 0 bridgehead atoms. The standard InChI is InChI=1S/C73H59OPSi.Os/c1-4-27-56-42-47-61(48-43-56)72-70(59-28-13-6-14-29-59)71(60-30-15-7-16-31-60)73(76(72,68-38-23-11-24-39-68)69-40-25-12-26-41-69)62-49-44-57(45-50-62)46-51-63(52-64-54-74-53-58(64)5-2)55(3)75(65-32-17-8-18-33-65,66-34-19-9-20-35-66)67-36-21-10-22-37-67;/h4-52H,53-54H2,1-2H3;/q+1;/b27-4+,51-46+,58-5?,63-55?,64-52?;. The van der Waals surface area contributed by atoms with Crippen LogP contribution in [0, 0.1) is 4.37 Å². The zero-order valence-corrected chi connectivity index (χ0v) is 47.8. The number of allylic oxidation sites excluding steroid dienone is 8. The van der Waals surface area contributed by atoms with Gasteiger partial charge in [0, 0.05) is 0 Å². The Hall–Kier alpha value is -7.82. The molecule has 1 fully saturated rings. The van der Waals surface area contributed by atoms with Gasteiger partial charge in [0.1, 0.15) is 0 Å². The Labute approximate surface area is 466 Å². The summed E-state index contributed by atoms with van der Waals surface area (Å²) in [5, 5.41) is 10.5. The Kier molecular flexibility index (Phi) is 15.7. The first-order valence-corrected chi connectivity index (χ1v) is 31.5. The second-order valence-corrected chi connectivity index (χ2v) is 27.0. The molecule has 1 nitrogen and oxygen atoms in total. The van der Waals surface area contributed by atoms with E-state index in [0.717, 1.165) is 11.1 Å². The first kappa shape index (κ1) is 51.3. The van der Waals surface area contributed by atoms with E-state index in [1.807, 2.05) is 17.9 Å². The van der Waals surface area contributed by atoms with E-state index in [1.165, 1.54) is 92.1 Å². The molecule has 0 atom stereocenters. The first-order chi connectivity index (χ1) is 38.1. The van der Waals surface area contributed by atoms with Crippen LogP contribution in [-0.2, 0) is 22.7 Å². The van der Waals surface area contributed by atoms with Crippen LogP contribution >= 0.6 is 7.26 Å². The molecule has 373 valence electrons. The Bertz CT molecular complexity index is 3640. The number of ether oxygens (including phenoxy) is 1. The Balaban J connectivity index is 1.17. The summed E-state index contributed by atoms with van der Waals surface area (Å²) >= 11 is 1.83. The summed E-state index contributed by atoms with van der Waals surface area (Å²) in [4.78, 5) is 0. The Morgan fingerprint density at radius 3 is 1.21 bits per heavy atom. The minimum absolute atomic E-state index is 0.562. The third kappa shape index (κ3) is 9.84. The molecule has 0 saturated carbocycles. The molecule has 2 heterocycles. The fourth-order valence-electron chi connectivity index (χ4n) is 11.6. The van der Waals surface area contributed by atoms with E-state index in [9.17, 15) is 0 Å². The van der Waals surface area contributed by atoms with Gasteiger partial charge < -0.3 is 0 Å². The molecule has 9 aromatic carbocycles. The van der Waals surface area contributed by atoms with Crippen molar-refractivity contribution in [2.45, 2.75) is 13.8 Å². The van der Waals surface area contributed by atoms with Crippen LogP contribution in [0.2, 0.25) is 0 Å². The van der Waals surface area contributed by atoms with Gasteiger partial charge in [-0.15, -0.1) is 0 Å². The molecule has 1 saturated heterocycles. The molecular weight excluding hydrogens is 1140 g/mol. The van der Waals surface area contributed by atoms with Crippen molar-refractivity contribution in [3.63, 3.8) is 0 Å². The second kappa shape index (κ2) is 23.6. The second-order valence-electron chi connectivity index (χ2n) is 19.3. The average Bonchev–Trinajstić information content (AvgIpc) is 4.22. The monoisotopic (exact) mass is 1200 g/mol. The van der Waals surface area contributed by atoms with E-state index < -0.39 is 15.3 Å². The number of hydrogen-bond donors (Lipinski definition) is 0. The van der Waals surface area contributed by atoms with Gasteiger partial charge in [0.15, 0.2) is 0 Å². The molecule has 9 aromatic rings. The molecule has 0 aromatic heterocycles. The summed E-state index contributed by atoms with van der Waals surface area (Å²) in [6.07, 6.45) is 13.5. The van der Waals surface area contributed by atoms with Gasteiger partial charge in [-0.05, 0) is 23.6 Å². The van der Waals surface area contributed by atoms with Crippen LogP contribution in [0.1, 0.15) is 47.2 Å². The molecule has 0 radical (unpaired) electrons. The van der Waals surface area contributed by atoms with E-state index in [1.54, 1.807) is 0 Å². The maximum atomic E-state index is 6.15. The third-order valence-electron chi connectivity index (χ3n) is 15.0. The van der Waals surface area contributed by atoms with Gasteiger partial charge in [-0.2, -0.15) is 0 Å². The maximum absolute atomic E-state index is 6.15. The van der Waals surface area contributed by atoms with Crippen LogP contribution in [0.25, 0.3) is 33.7 Å². The third-order valence-corrected chi connectivity index (χ3v) is 25.4. The molecule has 11 rings (SSSR count). The topological polar surface area (TPSA) is 9.23 Å². The Morgan fingerprint density at radius 2 is 0.818 bits per heavy atom. The van der Waals surface area contributed by atoms with E-state index in [0.29, 0.717) is 13.2 Å².